The fourth-order valence-corrected chi connectivity index (χ4v) is 7.50. The predicted octanol–water partition coefficient (Wildman–Crippen LogP) is 6.66. The molecule has 2 aromatic carbocycles. The Morgan fingerprint density at radius 2 is 1.77 bits per heavy atom. The molecule has 0 spiro atoms. The number of amides is 1. The summed E-state index contributed by atoms with van der Waals surface area (Å²) in [5.74, 6) is -1.18. The minimum absolute atomic E-state index is 0.0586. The van der Waals surface area contributed by atoms with Crippen LogP contribution in [0.25, 0.3) is 0 Å². The molecule has 1 atom stereocenters. The van der Waals surface area contributed by atoms with Crippen LogP contribution in [0.4, 0.5) is 5.13 Å². The number of halogens is 1. The molecular weight excluding hydrogens is 576 g/mol. The van der Waals surface area contributed by atoms with Crippen LogP contribution in [0, 0.1) is 27.7 Å². The van der Waals surface area contributed by atoms with Crippen molar-refractivity contribution in [1.29, 1.82) is 0 Å². The Balaban J connectivity index is 1.56. The number of ketones is 1. The number of thioether (sulfide) groups is 1. The smallest absolute Gasteiger partial charge is 0.296 e. The van der Waals surface area contributed by atoms with E-state index < -0.39 is 23.5 Å². The standard InChI is InChI=1S/C27H23ClN4O4S3/c1-12-9-17(10-13(2)21(12)33)20-19(22(34)24-14(3)29-15(4)38-24)23(35)25(36)32(20)26-30-31-27(39-26)37-11-16-7-5-6-8-18(16)28/h5-10,20,33,35H,11H2,1-4H3. The number of aliphatic hydroxyl groups is 1. The normalized spacial score (nSPS) is 15.5. The number of hydrogen-bond donors (Lipinski definition) is 2. The molecule has 0 bridgehead atoms. The first kappa shape index (κ1) is 27.3. The third-order valence-electron chi connectivity index (χ3n) is 6.30. The molecule has 12 heteroatoms. The van der Waals surface area contributed by atoms with Crippen LogP contribution in [0.1, 0.15) is 48.7 Å². The maximum Gasteiger partial charge on any atom is 0.296 e. The molecule has 0 fully saturated rings. The van der Waals surface area contributed by atoms with Crippen LogP contribution in [0.3, 0.4) is 0 Å². The number of anilines is 1. The minimum Gasteiger partial charge on any atom is -0.507 e. The van der Waals surface area contributed by atoms with Gasteiger partial charge in [0.25, 0.3) is 5.91 Å². The molecule has 4 aromatic rings. The van der Waals surface area contributed by atoms with Gasteiger partial charge in [-0.3, -0.25) is 14.5 Å². The number of Topliss-reactive ketones (excluding diaryl/α,β-unsaturated/α-hetero) is 1. The van der Waals surface area contributed by atoms with Crippen molar-refractivity contribution < 1.29 is 19.8 Å². The van der Waals surface area contributed by atoms with Gasteiger partial charge in [-0.25, -0.2) is 4.98 Å². The molecule has 1 unspecified atom stereocenters. The fraction of sp³-hybridized carbons (Fsp3) is 0.222. The molecule has 1 aliphatic rings. The van der Waals surface area contributed by atoms with E-state index in [2.05, 4.69) is 15.2 Å². The maximum absolute atomic E-state index is 13.8. The number of carbonyl (C=O) groups is 2. The molecule has 1 amide bonds. The summed E-state index contributed by atoms with van der Waals surface area (Å²) in [5.41, 5.74) is 3.12. The number of nitrogens with zero attached hydrogens (tertiary/aromatic N) is 4. The predicted molar refractivity (Wildman–Crippen MR) is 154 cm³/mol. The summed E-state index contributed by atoms with van der Waals surface area (Å²) < 4.78 is 0.600. The lowest BCUT2D eigenvalue weighted by molar-refractivity contribution is -0.117. The summed E-state index contributed by atoms with van der Waals surface area (Å²) in [5, 5.41) is 31.5. The number of phenolic OH excluding ortho intramolecular Hbond substituents is 1. The Labute approximate surface area is 242 Å². The van der Waals surface area contributed by atoms with Crippen LogP contribution in [-0.4, -0.2) is 37.1 Å². The first-order valence-corrected chi connectivity index (χ1v) is 14.8. The number of benzene rings is 2. The van der Waals surface area contributed by atoms with Gasteiger partial charge in [-0.05, 0) is 68.1 Å². The second-order valence-electron chi connectivity index (χ2n) is 9.05. The summed E-state index contributed by atoms with van der Waals surface area (Å²) >= 11 is 10.1. The second kappa shape index (κ2) is 10.7. The quantitative estimate of drug-likeness (QED) is 0.138. The van der Waals surface area contributed by atoms with Crippen LogP contribution in [0.2, 0.25) is 5.02 Å². The van der Waals surface area contributed by atoms with E-state index in [1.807, 2.05) is 24.3 Å². The summed E-state index contributed by atoms with van der Waals surface area (Å²) in [6.07, 6.45) is 0. The molecule has 2 aromatic heterocycles. The van der Waals surface area contributed by atoms with Crippen molar-refractivity contribution in [3.8, 4) is 5.75 Å². The molecule has 3 heterocycles. The van der Waals surface area contributed by atoms with Crippen LogP contribution in [-0.2, 0) is 10.5 Å². The Morgan fingerprint density at radius 1 is 1.08 bits per heavy atom. The van der Waals surface area contributed by atoms with Gasteiger partial charge in [-0.2, -0.15) is 0 Å². The highest BCUT2D eigenvalue weighted by Gasteiger charge is 2.47. The summed E-state index contributed by atoms with van der Waals surface area (Å²) in [6.45, 7) is 6.99. The van der Waals surface area contributed by atoms with Gasteiger partial charge in [0.2, 0.25) is 10.9 Å². The van der Waals surface area contributed by atoms with Crippen molar-refractivity contribution in [1.82, 2.24) is 15.2 Å². The zero-order chi connectivity index (χ0) is 28.0. The van der Waals surface area contributed by atoms with Gasteiger partial charge >= 0.3 is 0 Å². The van der Waals surface area contributed by atoms with E-state index >= 15 is 0 Å². The number of aliphatic hydroxyl groups excluding tert-OH is 1. The lowest BCUT2D eigenvalue weighted by Gasteiger charge is -2.25. The van der Waals surface area contributed by atoms with Gasteiger partial charge in [-0.1, -0.05) is 52.9 Å². The lowest BCUT2D eigenvalue weighted by Crippen LogP contribution is -2.31. The molecule has 200 valence electrons. The number of thiazole rings is 1. The number of aromatic nitrogens is 3. The summed E-state index contributed by atoms with van der Waals surface area (Å²) in [4.78, 5) is 33.3. The van der Waals surface area contributed by atoms with Gasteiger partial charge < -0.3 is 10.2 Å². The van der Waals surface area contributed by atoms with E-state index in [1.165, 1.54) is 39.3 Å². The van der Waals surface area contributed by atoms with Crippen molar-refractivity contribution in [2.45, 2.75) is 43.8 Å². The molecule has 39 heavy (non-hydrogen) atoms. The van der Waals surface area contributed by atoms with E-state index in [0.717, 1.165) is 5.56 Å². The second-order valence-corrected chi connectivity index (χ2v) is 12.8. The van der Waals surface area contributed by atoms with Crippen LogP contribution < -0.4 is 4.90 Å². The first-order chi connectivity index (χ1) is 18.6. The van der Waals surface area contributed by atoms with E-state index in [1.54, 1.807) is 39.8 Å². The third kappa shape index (κ3) is 5.07. The highest BCUT2D eigenvalue weighted by molar-refractivity contribution is 8.00. The Kier molecular flexibility index (Phi) is 7.51. The van der Waals surface area contributed by atoms with Crippen LogP contribution >= 0.6 is 46.0 Å². The molecular formula is C27H23ClN4O4S3. The largest absolute Gasteiger partial charge is 0.507 e. The molecule has 2 N–H and O–H groups in total. The lowest BCUT2D eigenvalue weighted by atomic mass is 9.92. The zero-order valence-electron chi connectivity index (χ0n) is 21.4. The summed E-state index contributed by atoms with van der Waals surface area (Å²) in [7, 11) is 0. The number of phenols is 1. The van der Waals surface area contributed by atoms with Crippen molar-refractivity contribution in [2.24, 2.45) is 0 Å². The molecule has 5 rings (SSSR count). The average molecular weight is 599 g/mol. The number of hydrogen-bond acceptors (Lipinski definition) is 10. The molecule has 0 aliphatic carbocycles. The topological polar surface area (TPSA) is 117 Å². The van der Waals surface area contributed by atoms with Crippen molar-refractivity contribution in [2.75, 3.05) is 4.90 Å². The van der Waals surface area contributed by atoms with Gasteiger partial charge in [0, 0.05) is 10.8 Å². The number of carbonyl (C=O) groups excluding carboxylic acids is 2. The Morgan fingerprint density at radius 3 is 2.41 bits per heavy atom. The van der Waals surface area contributed by atoms with Crippen molar-refractivity contribution in [3.63, 3.8) is 0 Å². The third-order valence-corrected chi connectivity index (χ3v) is 9.85. The molecule has 0 saturated heterocycles. The van der Waals surface area contributed by atoms with Gasteiger partial charge in [0.05, 0.1) is 27.2 Å². The van der Waals surface area contributed by atoms with Crippen molar-refractivity contribution in [3.05, 3.63) is 90.6 Å². The summed E-state index contributed by atoms with van der Waals surface area (Å²) in [6, 6.07) is 9.95. The highest BCUT2D eigenvalue weighted by atomic mass is 35.5. The van der Waals surface area contributed by atoms with E-state index in [4.69, 9.17) is 11.6 Å². The van der Waals surface area contributed by atoms with E-state index in [0.29, 0.717) is 47.4 Å². The highest BCUT2D eigenvalue weighted by Crippen LogP contribution is 2.45. The van der Waals surface area contributed by atoms with Gasteiger partial charge in [0.15, 0.2) is 10.1 Å². The SMILES string of the molecule is Cc1nc(C)c(C(=O)C2=C(O)C(=O)N(c3nnc(SCc4ccccc4Cl)s3)C2c2cc(C)c(O)c(C)c2)s1. The number of rotatable bonds is 7. The minimum atomic E-state index is -0.973. The van der Waals surface area contributed by atoms with Crippen LogP contribution in [0.15, 0.2) is 52.1 Å². The average Bonchev–Trinajstić information content (AvgIpc) is 3.57. The Hall–Kier alpha value is -3.25. The van der Waals surface area contributed by atoms with E-state index in [9.17, 15) is 19.8 Å². The zero-order valence-corrected chi connectivity index (χ0v) is 24.6. The maximum atomic E-state index is 13.8. The van der Waals surface area contributed by atoms with Gasteiger partial charge in [-0.15, -0.1) is 21.5 Å². The number of aromatic hydroxyl groups is 1. The van der Waals surface area contributed by atoms with Crippen LogP contribution in [0.5, 0.6) is 5.75 Å². The molecule has 8 nitrogen and oxygen atoms in total. The fourth-order valence-electron chi connectivity index (χ4n) is 4.47. The number of aryl methyl sites for hydroxylation is 4. The van der Waals surface area contributed by atoms with E-state index in [-0.39, 0.29) is 16.5 Å². The molecule has 0 saturated carbocycles. The van der Waals surface area contributed by atoms with Crippen molar-refractivity contribution >= 4 is 62.9 Å². The van der Waals surface area contributed by atoms with Gasteiger partial charge in [0.1, 0.15) is 5.75 Å². The molecule has 1 aliphatic heterocycles. The Bertz CT molecular complexity index is 1640. The monoisotopic (exact) mass is 598 g/mol. The molecule has 0 radical (unpaired) electrons. The first-order valence-electron chi connectivity index (χ1n) is 11.8.